The molecule has 0 aromatic heterocycles. The first-order chi connectivity index (χ1) is 13.0. The van der Waals surface area contributed by atoms with E-state index in [0.29, 0.717) is 30.6 Å². The number of esters is 1. The van der Waals surface area contributed by atoms with Gasteiger partial charge in [-0.3, -0.25) is 9.59 Å². The van der Waals surface area contributed by atoms with Gasteiger partial charge in [-0.05, 0) is 56.4 Å². The first kappa shape index (κ1) is 21.4. The second-order valence-corrected chi connectivity index (χ2v) is 7.09. The summed E-state index contributed by atoms with van der Waals surface area (Å²) in [6, 6.07) is 6.55. The van der Waals surface area contributed by atoms with Crippen molar-refractivity contribution in [3.63, 3.8) is 0 Å². The number of carbonyl (C=O) groups excluding carboxylic acids is 2. The average molecular weight is 378 g/mol. The number of unbranched alkanes of at least 4 members (excludes halogenated alkanes) is 3. The lowest BCUT2D eigenvalue weighted by Crippen LogP contribution is -2.51. The Morgan fingerprint density at radius 3 is 2.48 bits per heavy atom. The summed E-state index contributed by atoms with van der Waals surface area (Å²) >= 11 is 0. The van der Waals surface area contributed by atoms with Gasteiger partial charge in [-0.15, -0.1) is 0 Å². The predicted octanol–water partition coefficient (Wildman–Crippen LogP) is 2.90. The summed E-state index contributed by atoms with van der Waals surface area (Å²) in [5.41, 5.74) is -1.36. The maximum absolute atomic E-state index is 13.0. The van der Waals surface area contributed by atoms with E-state index in [0.717, 1.165) is 25.7 Å². The zero-order chi connectivity index (χ0) is 19.7. The average Bonchev–Trinajstić information content (AvgIpc) is 2.70. The standard InChI is InChI=1S/C21H30O6/c1-26-17-11-9-16(10-12-17)19(23)21(25)13-5-4-8-18(21)20(24)27-15-7-3-2-6-14-22/h9-12,18,22,25H,2-8,13-15H2,1H3. The van der Waals surface area contributed by atoms with Crippen LogP contribution >= 0.6 is 0 Å². The topological polar surface area (TPSA) is 93.1 Å². The first-order valence-electron chi connectivity index (χ1n) is 9.71. The molecule has 0 heterocycles. The molecule has 2 N–H and O–H groups in total. The minimum absolute atomic E-state index is 0.169. The van der Waals surface area contributed by atoms with Crippen molar-refractivity contribution in [3.05, 3.63) is 29.8 Å². The second-order valence-electron chi connectivity index (χ2n) is 7.09. The molecule has 6 heteroatoms. The van der Waals surface area contributed by atoms with Crippen molar-refractivity contribution in [1.82, 2.24) is 0 Å². The summed E-state index contributed by atoms with van der Waals surface area (Å²) in [7, 11) is 1.54. The number of aliphatic hydroxyl groups excluding tert-OH is 1. The Hall–Kier alpha value is -1.92. The highest BCUT2D eigenvalue weighted by atomic mass is 16.5. The number of benzene rings is 1. The fourth-order valence-electron chi connectivity index (χ4n) is 3.57. The highest BCUT2D eigenvalue weighted by molar-refractivity contribution is 6.05. The van der Waals surface area contributed by atoms with Crippen LogP contribution in [0.2, 0.25) is 0 Å². The summed E-state index contributed by atoms with van der Waals surface area (Å²) in [5, 5.41) is 19.9. The molecule has 6 nitrogen and oxygen atoms in total. The van der Waals surface area contributed by atoms with Crippen molar-refractivity contribution in [2.45, 2.75) is 57.0 Å². The molecule has 1 aliphatic rings. The molecule has 0 radical (unpaired) electrons. The van der Waals surface area contributed by atoms with E-state index >= 15 is 0 Å². The third-order valence-electron chi connectivity index (χ3n) is 5.20. The lowest BCUT2D eigenvalue weighted by molar-refractivity contribution is -0.158. The molecule has 2 rings (SSSR count). The number of rotatable bonds is 10. The highest BCUT2D eigenvalue weighted by Gasteiger charge is 2.49. The van der Waals surface area contributed by atoms with Gasteiger partial charge in [0.25, 0.3) is 0 Å². The van der Waals surface area contributed by atoms with Crippen LogP contribution < -0.4 is 4.74 Å². The molecule has 2 atom stereocenters. The number of carbonyl (C=O) groups is 2. The van der Waals surface area contributed by atoms with Crippen LogP contribution in [0.5, 0.6) is 5.75 Å². The molecule has 2 unspecified atom stereocenters. The quantitative estimate of drug-likeness (QED) is 0.369. The summed E-state index contributed by atoms with van der Waals surface area (Å²) < 4.78 is 10.4. The van der Waals surface area contributed by atoms with E-state index < -0.39 is 23.3 Å². The van der Waals surface area contributed by atoms with Gasteiger partial charge < -0.3 is 19.7 Å². The number of ether oxygens (including phenoxy) is 2. The molecular weight excluding hydrogens is 348 g/mol. The molecule has 0 aliphatic heterocycles. The van der Waals surface area contributed by atoms with Crippen molar-refractivity contribution in [2.24, 2.45) is 5.92 Å². The van der Waals surface area contributed by atoms with Gasteiger partial charge in [0.2, 0.25) is 0 Å². The van der Waals surface area contributed by atoms with E-state index in [2.05, 4.69) is 0 Å². The number of hydrogen-bond acceptors (Lipinski definition) is 6. The third-order valence-corrected chi connectivity index (χ3v) is 5.20. The first-order valence-corrected chi connectivity index (χ1v) is 9.71. The highest BCUT2D eigenvalue weighted by Crippen LogP contribution is 2.37. The molecule has 0 saturated heterocycles. The fourth-order valence-corrected chi connectivity index (χ4v) is 3.57. The molecule has 1 aromatic carbocycles. The minimum atomic E-state index is -1.72. The normalized spacial score (nSPS) is 22.3. The molecule has 27 heavy (non-hydrogen) atoms. The Morgan fingerprint density at radius 1 is 1.11 bits per heavy atom. The largest absolute Gasteiger partial charge is 0.497 e. The van der Waals surface area contributed by atoms with Crippen LogP contribution in [0.1, 0.15) is 61.7 Å². The van der Waals surface area contributed by atoms with Crippen molar-refractivity contribution < 1.29 is 29.3 Å². The third kappa shape index (κ3) is 5.53. The van der Waals surface area contributed by atoms with Gasteiger partial charge in [0.15, 0.2) is 5.78 Å². The van der Waals surface area contributed by atoms with Crippen LogP contribution in [0.15, 0.2) is 24.3 Å². The Bertz CT molecular complexity index is 612. The van der Waals surface area contributed by atoms with Crippen LogP contribution in [0.4, 0.5) is 0 Å². The van der Waals surface area contributed by atoms with Gasteiger partial charge in [0.1, 0.15) is 11.4 Å². The van der Waals surface area contributed by atoms with Crippen molar-refractivity contribution >= 4 is 11.8 Å². The van der Waals surface area contributed by atoms with Gasteiger partial charge in [0, 0.05) is 12.2 Å². The van der Waals surface area contributed by atoms with Crippen LogP contribution in [0.3, 0.4) is 0 Å². The zero-order valence-electron chi connectivity index (χ0n) is 16.0. The monoisotopic (exact) mass is 378 g/mol. The van der Waals surface area contributed by atoms with E-state index in [1.54, 1.807) is 31.4 Å². The second kappa shape index (κ2) is 10.4. The van der Waals surface area contributed by atoms with Crippen molar-refractivity contribution in [2.75, 3.05) is 20.3 Å². The molecule has 0 spiro atoms. The SMILES string of the molecule is COc1ccc(C(=O)C2(O)CCCCC2C(=O)OCCCCCCO)cc1. The Balaban J connectivity index is 2.00. The maximum atomic E-state index is 13.0. The maximum Gasteiger partial charge on any atom is 0.312 e. The van der Waals surface area contributed by atoms with Crippen molar-refractivity contribution in [3.8, 4) is 5.75 Å². The molecule has 150 valence electrons. The Labute approximate surface area is 160 Å². The number of hydrogen-bond donors (Lipinski definition) is 2. The summed E-state index contributed by atoms with van der Waals surface area (Å²) in [5.74, 6) is -1.14. The van der Waals surface area contributed by atoms with Gasteiger partial charge >= 0.3 is 5.97 Å². The van der Waals surface area contributed by atoms with Gasteiger partial charge in [-0.25, -0.2) is 0 Å². The van der Waals surface area contributed by atoms with E-state index in [-0.39, 0.29) is 19.6 Å². The van der Waals surface area contributed by atoms with Crippen LogP contribution in [-0.4, -0.2) is 47.9 Å². The van der Waals surface area contributed by atoms with E-state index in [4.69, 9.17) is 14.6 Å². The molecule has 0 amide bonds. The number of ketones is 1. The molecule has 1 aromatic rings. The summed E-state index contributed by atoms with van der Waals surface area (Å²) in [6.45, 7) is 0.440. The number of aliphatic hydroxyl groups is 2. The Kier molecular flexibility index (Phi) is 8.25. The van der Waals surface area contributed by atoms with Gasteiger partial charge in [-0.2, -0.15) is 0 Å². The smallest absolute Gasteiger partial charge is 0.312 e. The molecule has 1 aliphatic carbocycles. The van der Waals surface area contributed by atoms with Crippen LogP contribution in [0, 0.1) is 5.92 Å². The van der Waals surface area contributed by atoms with Crippen molar-refractivity contribution in [1.29, 1.82) is 0 Å². The molecule has 1 fully saturated rings. The number of methoxy groups -OCH3 is 1. The zero-order valence-corrected chi connectivity index (χ0v) is 16.0. The lowest BCUT2D eigenvalue weighted by Gasteiger charge is -2.37. The number of Topliss-reactive ketones (excluding diaryl/α,β-unsaturated/α-hetero) is 1. The molecular formula is C21H30O6. The lowest BCUT2D eigenvalue weighted by atomic mass is 9.71. The summed E-state index contributed by atoms with van der Waals surface area (Å²) in [6.07, 6.45) is 5.40. The van der Waals surface area contributed by atoms with Crippen LogP contribution in [0.25, 0.3) is 0 Å². The van der Waals surface area contributed by atoms with E-state index in [1.807, 2.05) is 0 Å². The van der Waals surface area contributed by atoms with Crippen LogP contribution in [-0.2, 0) is 9.53 Å². The fraction of sp³-hybridized carbons (Fsp3) is 0.619. The molecule has 0 bridgehead atoms. The van der Waals surface area contributed by atoms with Gasteiger partial charge in [-0.1, -0.05) is 19.3 Å². The Morgan fingerprint density at radius 2 is 1.81 bits per heavy atom. The minimum Gasteiger partial charge on any atom is -0.497 e. The predicted molar refractivity (Wildman–Crippen MR) is 101 cm³/mol. The van der Waals surface area contributed by atoms with E-state index in [9.17, 15) is 14.7 Å². The van der Waals surface area contributed by atoms with Gasteiger partial charge in [0.05, 0.1) is 19.6 Å². The molecule has 1 saturated carbocycles. The summed E-state index contributed by atoms with van der Waals surface area (Å²) in [4.78, 5) is 25.5. The van der Waals surface area contributed by atoms with E-state index in [1.165, 1.54) is 0 Å².